The van der Waals surface area contributed by atoms with E-state index in [-0.39, 0.29) is 17.8 Å². The Hall–Kier alpha value is -0.990. The molecule has 4 saturated heterocycles. The first kappa shape index (κ1) is 19.9. The molecule has 4 heterocycles. The molecule has 4 aliphatic heterocycles. The molecule has 0 N–H and O–H groups in total. The van der Waals surface area contributed by atoms with Crippen molar-refractivity contribution in [3.05, 3.63) is 34.3 Å². The van der Waals surface area contributed by atoms with Crippen LogP contribution in [0.15, 0.2) is 28.7 Å². The highest BCUT2D eigenvalue weighted by molar-refractivity contribution is 9.10. The lowest BCUT2D eigenvalue weighted by Gasteiger charge is -2.59. The van der Waals surface area contributed by atoms with Crippen LogP contribution in [-0.4, -0.2) is 29.9 Å². The SMILES string of the molecule is C[C@H]1[C@H](OC(=O)c2ccccc2Br)O[C@@H]2O[C@@]3(C)CC[C@H]4[C@H](C)CC[C@@H]1[C@@]24OO3. The van der Waals surface area contributed by atoms with Gasteiger partial charge in [0.1, 0.15) is 0 Å². The first-order valence-electron chi connectivity index (χ1n) is 10.5. The van der Waals surface area contributed by atoms with Crippen molar-refractivity contribution in [3.63, 3.8) is 0 Å². The smallest absolute Gasteiger partial charge is 0.341 e. The third-order valence-corrected chi connectivity index (χ3v) is 8.11. The molecule has 2 bridgehead atoms. The molecule has 1 aromatic rings. The standard InChI is InChI=1S/C22H27BrO6/c1-12-8-9-16-13(2)19(25-18(24)14-6-4-5-7-17(14)23)26-20-22(16)15(12)10-11-21(3,27-20)28-29-22/h4-7,12-13,15-16,19-20H,8-11H2,1-3H3/t12-,13-,15+,16+,19-,20-,21-,22-/m1/s1. The zero-order chi connectivity index (χ0) is 20.4. The summed E-state index contributed by atoms with van der Waals surface area (Å²) >= 11 is 3.42. The first-order valence-corrected chi connectivity index (χ1v) is 11.3. The minimum atomic E-state index is -0.838. The molecule has 5 aliphatic rings. The molecule has 6 rings (SSSR count). The van der Waals surface area contributed by atoms with Gasteiger partial charge in [0.2, 0.25) is 12.1 Å². The van der Waals surface area contributed by atoms with Crippen LogP contribution < -0.4 is 0 Å². The van der Waals surface area contributed by atoms with E-state index in [1.165, 1.54) is 0 Å². The van der Waals surface area contributed by atoms with Crippen LogP contribution in [0, 0.1) is 23.7 Å². The van der Waals surface area contributed by atoms with Gasteiger partial charge in [-0.1, -0.05) is 26.0 Å². The van der Waals surface area contributed by atoms with Gasteiger partial charge in [0.25, 0.3) is 0 Å². The van der Waals surface area contributed by atoms with Gasteiger partial charge in [-0.15, -0.1) is 0 Å². The molecule has 0 amide bonds. The van der Waals surface area contributed by atoms with E-state index in [1.807, 2.05) is 25.1 Å². The van der Waals surface area contributed by atoms with Crippen LogP contribution in [0.1, 0.15) is 56.8 Å². The van der Waals surface area contributed by atoms with Crippen LogP contribution in [-0.2, 0) is 24.0 Å². The summed E-state index contributed by atoms with van der Waals surface area (Å²) in [7, 11) is 0. The summed E-state index contributed by atoms with van der Waals surface area (Å²) in [4.78, 5) is 24.8. The summed E-state index contributed by atoms with van der Waals surface area (Å²) < 4.78 is 19.1. The highest BCUT2D eigenvalue weighted by Gasteiger charge is 2.69. The number of carbonyl (C=O) groups is 1. The first-order chi connectivity index (χ1) is 13.8. The highest BCUT2D eigenvalue weighted by Crippen LogP contribution is 2.60. The van der Waals surface area contributed by atoms with Crippen molar-refractivity contribution < 1.29 is 28.8 Å². The van der Waals surface area contributed by atoms with Gasteiger partial charge in [0.15, 0.2) is 11.9 Å². The Morgan fingerprint density at radius 2 is 1.93 bits per heavy atom. The molecular weight excluding hydrogens is 440 g/mol. The Balaban J connectivity index is 1.46. The predicted octanol–water partition coefficient (Wildman–Crippen LogP) is 4.81. The van der Waals surface area contributed by atoms with Crippen LogP contribution in [0.4, 0.5) is 0 Å². The maximum Gasteiger partial charge on any atom is 0.341 e. The molecule has 7 heteroatoms. The lowest BCUT2D eigenvalue weighted by molar-refractivity contribution is -0.576. The van der Waals surface area contributed by atoms with Crippen molar-refractivity contribution in [2.24, 2.45) is 23.7 Å². The van der Waals surface area contributed by atoms with E-state index >= 15 is 0 Å². The van der Waals surface area contributed by atoms with E-state index in [9.17, 15) is 4.79 Å². The molecular formula is C22H27BrO6. The van der Waals surface area contributed by atoms with Gasteiger partial charge in [-0.3, -0.25) is 0 Å². The zero-order valence-electron chi connectivity index (χ0n) is 16.9. The molecule has 0 radical (unpaired) electrons. The lowest BCUT2D eigenvalue weighted by Crippen LogP contribution is -2.70. The Morgan fingerprint density at radius 1 is 1.14 bits per heavy atom. The average Bonchev–Trinajstić information content (AvgIpc) is 2.92. The molecule has 1 aromatic carbocycles. The quantitative estimate of drug-likeness (QED) is 0.460. The molecule has 0 aromatic heterocycles. The second kappa shape index (κ2) is 7.02. The number of benzene rings is 1. The van der Waals surface area contributed by atoms with Crippen LogP contribution in [0.3, 0.4) is 0 Å². The predicted molar refractivity (Wildman–Crippen MR) is 106 cm³/mol. The number of rotatable bonds is 2. The topological polar surface area (TPSA) is 63.2 Å². The fraction of sp³-hybridized carbons (Fsp3) is 0.682. The minimum Gasteiger partial charge on any atom is -0.432 e. The molecule has 1 spiro atoms. The third kappa shape index (κ3) is 3.00. The summed E-state index contributed by atoms with van der Waals surface area (Å²) in [5.41, 5.74) is -0.169. The van der Waals surface area contributed by atoms with Crippen LogP contribution >= 0.6 is 15.9 Å². The average molecular weight is 467 g/mol. The van der Waals surface area contributed by atoms with Crippen molar-refractivity contribution in [1.82, 2.24) is 0 Å². The number of fused-ring (bicyclic) bond motifs is 2. The fourth-order valence-electron chi connectivity index (χ4n) is 5.80. The summed E-state index contributed by atoms with van der Waals surface area (Å²) in [6, 6.07) is 7.24. The van der Waals surface area contributed by atoms with Crippen molar-refractivity contribution in [1.29, 1.82) is 0 Å². The molecule has 5 fully saturated rings. The van der Waals surface area contributed by atoms with Crippen LogP contribution in [0.25, 0.3) is 0 Å². The van der Waals surface area contributed by atoms with Crippen LogP contribution in [0.5, 0.6) is 0 Å². The highest BCUT2D eigenvalue weighted by atomic mass is 79.9. The lowest BCUT2D eigenvalue weighted by atomic mass is 9.58. The van der Waals surface area contributed by atoms with Crippen molar-refractivity contribution in [3.8, 4) is 0 Å². The summed E-state index contributed by atoms with van der Waals surface area (Å²) in [5, 5.41) is 0. The minimum absolute atomic E-state index is 0.0395. The van der Waals surface area contributed by atoms with Crippen LogP contribution in [0.2, 0.25) is 0 Å². The van der Waals surface area contributed by atoms with Gasteiger partial charge in [-0.2, -0.15) is 0 Å². The number of hydrogen-bond acceptors (Lipinski definition) is 6. The summed E-state index contributed by atoms with van der Waals surface area (Å²) in [6.07, 6.45) is 2.49. The van der Waals surface area contributed by atoms with E-state index in [2.05, 4.69) is 29.8 Å². The van der Waals surface area contributed by atoms with Crippen molar-refractivity contribution in [2.45, 2.75) is 70.4 Å². The van der Waals surface area contributed by atoms with E-state index in [1.54, 1.807) is 6.07 Å². The van der Waals surface area contributed by atoms with Crippen molar-refractivity contribution >= 4 is 21.9 Å². The Kier molecular flexibility index (Phi) is 4.83. The zero-order valence-corrected chi connectivity index (χ0v) is 18.5. The van der Waals surface area contributed by atoms with E-state index in [0.29, 0.717) is 16.0 Å². The summed E-state index contributed by atoms with van der Waals surface area (Å²) in [6.45, 7) is 6.24. The third-order valence-electron chi connectivity index (χ3n) is 7.41. The number of hydrogen-bond donors (Lipinski definition) is 0. The number of halogens is 1. The number of carbonyl (C=O) groups excluding carboxylic acids is 1. The molecule has 8 atom stereocenters. The second-order valence-electron chi connectivity index (χ2n) is 9.16. The normalized spacial score (nSPS) is 45.9. The van der Waals surface area contributed by atoms with Crippen molar-refractivity contribution in [2.75, 3.05) is 0 Å². The van der Waals surface area contributed by atoms with E-state index < -0.39 is 29.9 Å². The van der Waals surface area contributed by atoms with Gasteiger partial charge in [0, 0.05) is 22.7 Å². The maximum absolute atomic E-state index is 12.8. The molecule has 1 saturated carbocycles. The monoisotopic (exact) mass is 466 g/mol. The molecule has 29 heavy (non-hydrogen) atoms. The number of esters is 1. The van der Waals surface area contributed by atoms with Gasteiger partial charge in [-0.05, 0) is 66.1 Å². The molecule has 158 valence electrons. The van der Waals surface area contributed by atoms with E-state index in [4.69, 9.17) is 24.0 Å². The van der Waals surface area contributed by atoms with E-state index in [0.717, 1.165) is 25.7 Å². The fourth-order valence-corrected chi connectivity index (χ4v) is 6.25. The Labute approximate surface area is 179 Å². The van der Waals surface area contributed by atoms with Gasteiger partial charge < -0.3 is 14.2 Å². The molecule has 1 aliphatic carbocycles. The maximum atomic E-state index is 12.8. The summed E-state index contributed by atoms with van der Waals surface area (Å²) in [5.74, 6) is -0.373. The Morgan fingerprint density at radius 3 is 2.72 bits per heavy atom. The Bertz CT molecular complexity index is 816. The molecule has 0 unspecified atom stereocenters. The number of ether oxygens (including phenoxy) is 3. The second-order valence-corrected chi connectivity index (χ2v) is 10.0. The largest absolute Gasteiger partial charge is 0.432 e. The molecule has 6 nitrogen and oxygen atoms in total. The van der Waals surface area contributed by atoms with Gasteiger partial charge >= 0.3 is 5.97 Å². The van der Waals surface area contributed by atoms with Gasteiger partial charge in [0.05, 0.1) is 5.56 Å². The van der Waals surface area contributed by atoms with Gasteiger partial charge in [-0.25, -0.2) is 14.6 Å².